The van der Waals surface area contributed by atoms with E-state index < -0.39 is 0 Å². The lowest BCUT2D eigenvalue weighted by molar-refractivity contribution is 0.0846. The SMILES string of the molecule is CONC(=O)N[C@H](C)COCC(C)C. The Kier molecular flexibility index (Phi) is 7.14. The van der Waals surface area contributed by atoms with E-state index in [1.807, 2.05) is 6.92 Å². The Balaban J connectivity index is 3.44. The number of carbonyl (C=O) groups excluding carboxylic acids is 1. The van der Waals surface area contributed by atoms with Gasteiger partial charge in [-0.2, -0.15) is 0 Å². The molecule has 2 N–H and O–H groups in total. The molecule has 0 heterocycles. The summed E-state index contributed by atoms with van der Waals surface area (Å²) in [4.78, 5) is 15.4. The summed E-state index contributed by atoms with van der Waals surface area (Å²) in [6, 6.07) is -0.378. The number of rotatable bonds is 6. The first-order chi connectivity index (χ1) is 6.56. The maximum atomic E-state index is 10.9. The molecule has 5 nitrogen and oxygen atoms in total. The fraction of sp³-hybridized carbons (Fsp3) is 0.889. The van der Waals surface area contributed by atoms with E-state index in [4.69, 9.17) is 4.74 Å². The zero-order chi connectivity index (χ0) is 11.0. The quantitative estimate of drug-likeness (QED) is 0.632. The van der Waals surface area contributed by atoms with Crippen LogP contribution < -0.4 is 10.8 Å². The topological polar surface area (TPSA) is 59.6 Å². The standard InChI is InChI=1S/C9H20N2O3/c1-7(2)5-14-6-8(3)10-9(12)11-13-4/h7-8H,5-6H2,1-4H3,(H2,10,11,12)/t8-/m1/s1. The van der Waals surface area contributed by atoms with Crippen LogP contribution in [0.3, 0.4) is 0 Å². The normalized spacial score (nSPS) is 12.6. The van der Waals surface area contributed by atoms with Gasteiger partial charge in [-0.1, -0.05) is 13.8 Å². The van der Waals surface area contributed by atoms with Crippen LogP contribution in [-0.2, 0) is 9.57 Å². The van der Waals surface area contributed by atoms with Gasteiger partial charge in [-0.25, -0.2) is 10.3 Å². The number of nitrogens with one attached hydrogen (secondary N) is 2. The summed E-state index contributed by atoms with van der Waals surface area (Å²) in [6.45, 7) is 7.24. The van der Waals surface area contributed by atoms with E-state index in [0.29, 0.717) is 19.1 Å². The lowest BCUT2D eigenvalue weighted by Crippen LogP contribution is -2.42. The number of hydrogen-bond donors (Lipinski definition) is 2. The molecule has 2 amide bonds. The lowest BCUT2D eigenvalue weighted by atomic mass is 10.2. The fourth-order valence-electron chi connectivity index (χ4n) is 0.868. The second-order valence-corrected chi connectivity index (χ2v) is 3.61. The van der Waals surface area contributed by atoms with Crippen molar-refractivity contribution in [3.63, 3.8) is 0 Å². The van der Waals surface area contributed by atoms with Crippen molar-refractivity contribution < 1.29 is 14.4 Å². The zero-order valence-electron chi connectivity index (χ0n) is 9.29. The maximum Gasteiger partial charge on any atom is 0.338 e. The van der Waals surface area contributed by atoms with Crippen LogP contribution in [0.1, 0.15) is 20.8 Å². The summed E-state index contributed by atoms with van der Waals surface area (Å²) in [5.74, 6) is 0.509. The molecule has 0 aliphatic carbocycles. The molecule has 0 bridgehead atoms. The average molecular weight is 204 g/mol. The van der Waals surface area contributed by atoms with Crippen molar-refractivity contribution in [2.45, 2.75) is 26.8 Å². The molecular weight excluding hydrogens is 184 g/mol. The van der Waals surface area contributed by atoms with Crippen LogP contribution in [0.4, 0.5) is 4.79 Å². The van der Waals surface area contributed by atoms with Crippen LogP contribution in [-0.4, -0.2) is 32.4 Å². The molecule has 0 fully saturated rings. The van der Waals surface area contributed by atoms with Gasteiger partial charge < -0.3 is 10.1 Å². The first-order valence-electron chi connectivity index (χ1n) is 4.73. The number of hydrogen-bond acceptors (Lipinski definition) is 3. The van der Waals surface area contributed by atoms with E-state index in [-0.39, 0.29) is 12.1 Å². The molecule has 14 heavy (non-hydrogen) atoms. The number of carbonyl (C=O) groups is 1. The molecule has 0 rings (SSSR count). The minimum absolute atomic E-state index is 0.0242. The second-order valence-electron chi connectivity index (χ2n) is 3.61. The first-order valence-corrected chi connectivity index (χ1v) is 4.73. The molecular formula is C9H20N2O3. The second kappa shape index (κ2) is 7.58. The van der Waals surface area contributed by atoms with Crippen LogP contribution in [0.15, 0.2) is 0 Å². The van der Waals surface area contributed by atoms with Gasteiger partial charge in [-0.3, -0.25) is 4.84 Å². The van der Waals surface area contributed by atoms with Gasteiger partial charge in [-0.15, -0.1) is 0 Å². The molecule has 0 aliphatic rings. The summed E-state index contributed by atoms with van der Waals surface area (Å²) in [5, 5.41) is 2.65. The van der Waals surface area contributed by atoms with Crippen molar-refractivity contribution in [1.29, 1.82) is 0 Å². The molecule has 0 aliphatic heterocycles. The van der Waals surface area contributed by atoms with Gasteiger partial charge in [0, 0.05) is 6.61 Å². The molecule has 0 aromatic carbocycles. The van der Waals surface area contributed by atoms with Gasteiger partial charge in [0.1, 0.15) is 0 Å². The summed E-state index contributed by atoms with van der Waals surface area (Å²) in [7, 11) is 1.39. The van der Waals surface area contributed by atoms with E-state index in [2.05, 4.69) is 29.5 Å². The van der Waals surface area contributed by atoms with Gasteiger partial charge in [0.15, 0.2) is 0 Å². The number of hydroxylamine groups is 1. The summed E-state index contributed by atoms with van der Waals surface area (Å²) >= 11 is 0. The highest BCUT2D eigenvalue weighted by atomic mass is 16.6. The predicted molar refractivity (Wildman–Crippen MR) is 53.8 cm³/mol. The highest BCUT2D eigenvalue weighted by Crippen LogP contribution is 1.93. The van der Waals surface area contributed by atoms with Crippen molar-refractivity contribution in [3.05, 3.63) is 0 Å². The fourth-order valence-corrected chi connectivity index (χ4v) is 0.868. The molecule has 0 aromatic heterocycles. The van der Waals surface area contributed by atoms with Crippen LogP contribution in [0.25, 0.3) is 0 Å². The first kappa shape index (κ1) is 13.2. The molecule has 84 valence electrons. The van der Waals surface area contributed by atoms with E-state index in [9.17, 15) is 4.79 Å². The summed E-state index contributed by atoms with van der Waals surface area (Å²) in [6.07, 6.45) is 0. The molecule has 0 saturated carbocycles. The maximum absolute atomic E-state index is 10.9. The number of amides is 2. The van der Waals surface area contributed by atoms with E-state index >= 15 is 0 Å². The van der Waals surface area contributed by atoms with E-state index in [1.165, 1.54) is 7.11 Å². The third kappa shape index (κ3) is 7.82. The Hall–Kier alpha value is -0.810. The molecule has 0 radical (unpaired) electrons. The van der Waals surface area contributed by atoms with Crippen molar-refractivity contribution >= 4 is 6.03 Å². The van der Waals surface area contributed by atoms with Crippen molar-refractivity contribution in [2.75, 3.05) is 20.3 Å². The van der Waals surface area contributed by atoms with Gasteiger partial charge >= 0.3 is 6.03 Å². The third-order valence-corrected chi connectivity index (χ3v) is 1.39. The van der Waals surface area contributed by atoms with Gasteiger partial charge in [-0.05, 0) is 12.8 Å². The Labute approximate surface area is 85.1 Å². The summed E-state index contributed by atoms with van der Waals surface area (Å²) in [5.41, 5.74) is 2.17. The molecule has 1 atom stereocenters. The molecule has 0 unspecified atom stereocenters. The van der Waals surface area contributed by atoms with Gasteiger partial charge in [0.2, 0.25) is 0 Å². The molecule has 5 heteroatoms. The van der Waals surface area contributed by atoms with E-state index in [1.54, 1.807) is 0 Å². The summed E-state index contributed by atoms with van der Waals surface area (Å²) < 4.78 is 5.35. The number of ether oxygens (including phenoxy) is 1. The Bertz CT molecular complexity index is 162. The minimum Gasteiger partial charge on any atom is -0.379 e. The highest BCUT2D eigenvalue weighted by Gasteiger charge is 2.06. The third-order valence-electron chi connectivity index (χ3n) is 1.39. The van der Waals surface area contributed by atoms with Gasteiger partial charge in [0.25, 0.3) is 0 Å². The molecule has 0 saturated heterocycles. The van der Waals surface area contributed by atoms with Crippen LogP contribution in [0.2, 0.25) is 0 Å². The van der Waals surface area contributed by atoms with Crippen molar-refractivity contribution in [3.8, 4) is 0 Å². The monoisotopic (exact) mass is 204 g/mol. The smallest absolute Gasteiger partial charge is 0.338 e. The van der Waals surface area contributed by atoms with Crippen LogP contribution in [0.5, 0.6) is 0 Å². The van der Waals surface area contributed by atoms with Crippen molar-refractivity contribution in [1.82, 2.24) is 10.8 Å². The van der Waals surface area contributed by atoms with Crippen LogP contribution in [0, 0.1) is 5.92 Å². The highest BCUT2D eigenvalue weighted by molar-refractivity contribution is 5.72. The number of urea groups is 1. The van der Waals surface area contributed by atoms with Gasteiger partial charge in [0.05, 0.1) is 19.8 Å². The zero-order valence-corrected chi connectivity index (χ0v) is 9.29. The van der Waals surface area contributed by atoms with Crippen LogP contribution >= 0.6 is 0 Å². The Morgan fingerprint density at radius 2 is 1.93 bits per heavy atom. The Morgan fingerprint density at radius 1 is 1.29 bits per heavy atom. The Morgan fingerprint density at radius 3 is 2.43 bits per heavy atom. The molecule has 0 aromatic rings. The largest absolute Gasteiger partial charge is 0.379 e. The van der Waals surface area contributed by atoms with Crippen molar-refractivity contribution in [2.24, 2.45) is 5.92 Å². The lowest BCUT2D eigenvalue weighted by Gasteiger charge is -2.14. The van der Waals surface area contributed by atoms with E-state index in [0.717, 1.165) is 0 Å². The predicted octanol–water partition coefficient (Wildman–Crippen LogP) is 0.908. The minimum atomic E-state index is -0.354. The molecule has 0 spiro atoms. The average Bonchev–Trinajstić information content (AvgIpc) is 2.03.